The molecule has 0 bridgehead atoms. The van der Waals surface area contributed by atoms with Gasteiger partial charge in [-0.2, -0.15) is 31.6 Å². The van der Waals surface area contributed by atoms with Gasteiger partial charge in [0, 0.05) is 27.1 Å². The van der Waals surface area contributed by atoms with Crippen molar-refractivity contribution in [3.8, 4) is 28.6 Å². The van der Waals surface area contributed by atoms with Crippen LogP contribution in [0.5, 0.6) is 0 Å². The lowest BCUT2D eigenvalue weighted by Crippen LogP contribution is -2.13. The lowest BCUT2D eigenvalue weighted by molar-refractivity contribution is -0.141. The first-order valence-electron chi connectivity index (χ1n) is 19.0. The van der Waals surface area contributed by atoms with Gasteiger partial charge in [-0.1, -0.05) is 76.9 Å². The van der Waals surface area contributed by atoms with Crippen LogP contribution in [0.3, 0.4) is 0 Å². The maximum Gasteiger partial charge on any atom is 0.417 e. The van der Waals surface area contributed by atoms with Crippen molar-refractivity contribution in [3.63, 3.8) is 0 Å². The Kier molecular flexibility index (Phi) is 8.71. The molecule has 58 heavy (non-hydrogen) atoms. The number of aryl methyl sites for hydroxylation is 2. The largest absolute Gasteiger partial charge is 0.417 e. The van der Waals surface area contributed by atoms with Gasteiger partial charge in [-0.15, -0.1) is 0 Å². The molecule has 0 N–H and O–H groups in total. The van der Waals surface area contributed by atoms with E-state index in [1.807, 2.05) is 74.5 Å². The highest BCUT2D eigenvalue weighted by molar-refractivity contribution is 6.12. The Bertz CT molecular complexity index is 2870. The van der Waals surface area contributed by atoms with E-state index >= 15 is 13.2 Å². The van der Waals surface area contributed by atoms with Gasteiger partial charge in [0.05, 0.1) is 56.2 Å². The number of rotatable bonds is 3. The van der Waals surface area contributed by atoms with Gasteiger partial charge in [0.15, 0.2) is 0 Å². The normalized spacial score (nSPS) is 13.0. The van der Waals surface area contributed by atoms with E-state index in [2.05, 4.69) is 59.7 Å². The molecule has 0 aliphatic rings. The summed E-state index contributed by atoms with van der Waals surface area (Å²) in [5, 5.41) is 13.9. The average molecular weight is 786 g/mol. The Hall–Kier alpha value is -6.01. The average Bonchev–Trinajstić information content (AvgIpc) is 3.63. The zero-order valence-corrected chi connectivity index (χ0v) is 33.4. The molecule has 0 atom stereocenters. The SMILES string of the molecule is Cc1ccc2c(c1)c1cc(C(C)(C)C)ccc1n2-c1cc(C#N)cc(-n2c3ccc(C)cc3c3cc(C(C)(C)C)ccc32)c1-c1cc(C(F)(F)F)ccc1C(F)(F)F. The third-order valence-electron chi connectivity index (χ3n) is 11.2. The van der Waals surface area contributed by atoms with E-state index in [-0.39, 0.29) is 33.3 Å². The molecule has 0 amide bonds. The first-order chi connectivity index (χ1) is 27.1. The molecular weight excluding hydrogens is 745 g/mol. The monoisotopic (exact) mass is 785 g/mol. The molecule has 0 saturated carbocycles. The van der Waals surface area contributed by atoms with Crippen molar-refractivity contribution < 1.29 is 26.3 Å². The van der Waals surface area contributed by atoms with Crippen LogP contribution in [0, 0.1) is 25.2 Å². The van der Waals surface area contributed by atoms with E-state index in [1.54, 1.807) is 9.13 Å². The van der Waals surface area contributed by atoms with Crippen molar-refractivity contribution >= 4 is 43.6 Å². The number of hydrogen-bond donors (Lipinski definition) is 0. The Balaban J connectivity index is 1.64. The van der Waals surface area contributed by atoms with Gasteiger partial charge in [-0.25, -0.2) is 0 Å². The van der Waals surface area contributed by atoms with E-state index < -0.39 is 29.0 Å². The lowest BCUT2D eigenvalue weighted by atomic mass is 9.86. The lowest BCUT2D eigenvalue weighted by Gasteiger charge is -2.24. The number of halogens is 6. The van der Waals surface area contributed by atoms with Crippen LogP contribution in [0.25, 0.3) is 66.1 Å². The van der Waals surface area contributed by atoms with Gasteiger partial charge in [0.25, 0.3) is 0 Å². The van der Waals surface area contributed by atoms with Crippen molar-refractivity contribution in [1.29, 1.82) is 5.26 Å². The zero-order chi connectivity index (χ0) is 41.9. The van der Waals surface area contributed by atoms with Crippen LogP contribution in [-0.2, 0) is 23.2 Å². The third-order valence-corrected chi connectivity index (χ3v) is 11.2. The fourth-order valence-corrected chi connectivity index (χ4v) is 8.21. The molecule has 9 heteroatoms. The quantitative estimate of drug-likeness (QED) is 0.164. The summed E-state index contributed by atoms with van der Waals surface area (Å²) in [4.78, 5) is 0. The molecule has 2 heterocycles. The van der Waals surface area contributed by atoms with Gasteiger partial charge < -0.3 is 9.13 Å². The topological polar surface area (TPSA) is 33.6 Å². The molecule has 0 spiro atoms. The first kappa shape index (κ1) is 38.8. The molecule has 0 saturated heterocycles. The van der Waals surface area contributed by atoms with Crippen molar-refractivity contribution in [3.05, 3.63) is 142 Å². The van der Waals surface area contributed by atoms with Crippen LogP contribution in [0.15, 0.2) is 103 Å². The summed E-state index contributed by atoms with van der Waals surface area (Å²) in [5.74, 6) is 0. The molecule has 8 aromatic rings. The van der Waals surface area contributed by atoms with E-state index in [1.165, 1.54) is 12.1 Å². The summed E-state index contributed by atoms with van der Waals surface area (Å²) in [6.07, 6.45) is -9.99. The van der Waals surface area contributed by atoms with Crippen molar-refractivity contribution in [2.45, 2.75) is 78.6 Å². The van der Waals surface area contributed by atoms with E-state index in [0.29, 0.717) is 40.3 Å². The van der Waals surface area contributed by atoms with Gasteiger partial charge in [-0.05, 0) is 120 Å². The van der Waals surface area contributed by atoms with E-state index in [9.17, 15) is 18.4 Å². The van der Waals surface area contributed by atoms with Gasteiger partial charge in [0.1, 0.15) is 0 Å². The van der Waals surface area contributed by atoms with Crippen LogP contribution in [0.4, 0.5) is 26.3 Å². The molecule has 3 nitrogen and oxygen atoms in total. The number of hydrogen-bond acceptors (Lipinski definition) is 1. The van der Waals surface area contributed by atoms with Crippen LogP contribution in [0.1, 0.15) is 80.5 Å². The molecule has 0 radical (unpaired) electrons. The predicted molar refractivity (Wildman–Crippen MR) is 222 cm³/mol. The second-order valence-electron chi connectivity index (χ2n) is 17.4. The minimum atomic E-state index is -5.04. The molecule has 6 aromatic carbocycles. The smallest absolute Gasteiger partial charge is 0.308 e. The molecule has 8 rings (SSSR count). The van der Waals surface area contributed by atoms with Crippen molar-refractivity contribution in [2.75, 3.05) is 0 Å². The highest BCUT2D eigenvalue weighted by Gasteiger charge is 2.39. The summed E-state index contributed by atoms with van der Waals surface area (Å²) in [6.45, 7) is 16.4. The molecule has 2 aromatic heterocycles. The molecule has 0 aliphatic heterocycles. The summed E-state index contributed by atoms with van der Waals surface area (Å²) in [7, 11) is 0. The fraction of sp³-hybridized carbons (Fsp3) is 0.245. The summed E-state index contributed by atoms with van der Waals surface area (Å²) in [5.41, 5.74) is 3.17. The first-order valence-corrected chi connectivity index (χ1v) is 19.0. The van der Waals surface area contributed by atoms with Crippen LogP contribution in [0.2, 0.25) is 0 Å². The Morgan fingerprint density at radius 3 is 1.24 bits per heavy atom. The van der Waals surface area contributed by atoms with Crippen molar-refractivity contribution in [1.82, 2.24) is 9.13 Å². The summed E-state index contributed by atoms with van der Waals surface area (Å²) >= 11 is 0. The maximum atomic E-state index is 15.3. The van der Waals surface area contributed by atoms with Crippen LogP contribution in [-0.4, -0.2) is 9.13 Å². The Morgan fingerprint density at radius 2 is 0.862 bits per heavy atom. The van der Waals surface area contributed by atoms with Crippen molar-refractivity contribution in [2.24, 2.45) is 0 Å². The minimum Gasteiger partial charge on any atom is -0.308 e. The number of benzene rings is 6. The number of nitriles is 1. The number of nitrogens with zero attached hydrogens (tertiary/aromatic N) is 3. The minimum absolute atomic E-state index is 0.101. The number of aromatic nitrogens is 2. The molecular formula is C49H41F6N3. The molecule has 0 aliphatic carbocycles. The highest BCUT2D eigenvalue weighted by Crippen LogP contribution is 2.48. The Morgan fingerprint density at radius 1 is 0.466 bits per heavy atom. The second kappa shape index (κ2) is 13.0. The number of fused-ring (bicyclic) bond motifs is 6. The van der Waals surface area contributed by atoms with E-state index in [4.69, 9.17) is 0 Å². The standard InChI is InChI=1S/C49H41F6N3/c1-27-9-15-39-33(19-27)35-23-30(46(3,4)5)12-17-41(35)57(39)43-21-29(26-56)22-44(45(43)37-25-32(48(50,51)52)11-14-38(37)49(53,54)55)58-40-16-10-28(2)20-34(40)36-24-31(47(6,7)8)13-18-42(36)58/h9-25H,1-8H3. The molecule has 0 fully saturated rings. The molecule has 0 unspecified atom stereocenters. The van der Waals surface area contributed by atoms with Gasteiger partial charge >= 0.3 is 12.4 Å². The summed E-state index contributed by atoms with van der Waals surface area (Å²) in [6, 6.07) is 30.2. The summed E-state index contributed by atoms with van der Waals surface area (Å²) < 4.78 is 93.4. The van der Waals surface area contributed by atoms with E-state index in [0.717, 1.165) is 43.8 Å². The third kappa shape index (κ3) is 6.39. The Labute approximate surface area is 332 Å². The maximum absolute atomic E-state index is 15.3. The fourth-order valence-electron chi connectivity index (χ4n) is 8.21. The van der Waals surface area contributed by atoms with Crippen LogP contribution < -0.4 is 0 Å². The van der Waals surface area contributed by atoms with Gasteiger partial charge in [0.2, 0.25) is 0 Å². The van der Waals surface area contributed by atoms with Crippen LogP contribution >= 0.6 is 0 Å². The van der Waals surface area contributed by atoms with Gasteiger partial charge in [-0.3, -0.25) is 0 Å². The number of alkyl halides is 6. The molecule has 294 valence electrons. The highest BCUT2D eigenvalue weighted by atomic mass is 19.4. The zero-order valence-electron chi connectivity index (χ0n) is 33.4. The second-order valence-corrected chi connectivity index (χ2v) is 17.4. The predicted octanol–water partition coefficient (Wildman–Crippen LogP) is 14.7.